The average molecular weight is 221 g/mol. The molecule has 0 spiro atoms. The van der Waals surface area contributed by atoms with Crippen LogP contribution in [0.2, 0.25) is 0 Å². The van der Waals surface area contributed by atoms with Gasteiger partial charge in [-0.3, -0.25) is 16.5 Å². The van der Waals surface area contributed by atoms with E-state index < -0.39 is 17.7 Å². The summed E-state index contributed by atoms with van der Waals surface area (Å²) in [5.74, 6) is 7.05. The number of carbonyl (C=O) groups excluding carboxylic acids is 1. The molecule has 0 atom stereocenters. The maximum atomic E-state index is 10.9. The minimum absolute atomic E-state index is 0.0875. The lowest BCUT2D eigenvalue weighted by atomic mass is 10.2. The maximum Gasteiger partial charge on any atom is 0.407 e. The monoisotopic (exact) mass is 221 g/mol. The summed E-state index contributed by atoms with van der Waals surface area (Å²) in [4.78, 5) is 21.0. The van der Waals surface area contributed by atoms with Crippen LogP contribution in [0.15, 0.2) is 0 Å². The van der Waals surface area contributed by atoms with E-state index in [-0.39, 0.29) is 13.0 Å². The third-order valence-electron chi connectivity index (χ3n) is 1.01. The van der Waals surface area contributed by atoms with E-state index in [0.29, 0.717) is 0 Å². The van der Waals surface area contributed by atoms with Gasteiger partial charge in [0.2, 0.25) is 0 Å². The zero-order valence-electron chi connectivity index (χ0n) is 9.24. The quantitative estimate of drug-likeness (QED) is 0.386. The predicted octanol–water partition coefficient (Wildman–Crippen LogP) is -0.195. The minimum atomic E-state index is -0.948. The van der Waals surface area contributed by atoms with Gasteiger partial charge in [-0.2, -0.15) is 0 Å². The molecule has 0 aliphatic rings. The molecule has 0 aromatic rings. The highest BCUT2D eigenvalue weighted by atomic mass is 16.6. The molecule has 15 heavy (non-hydrogen) atoms. The van der Waals surface area contributed by atoms with Crippen LogP contribution < -0.4 is 17.0 Å². The Hall–Kier alpha value is -1.34. The van der Waals surface area contributed by atoms with Crippen LogP contribution in [0.25, 0.3) is 0 Å². The lowest BCUT2D eigenvalue weighted by Gasteiger charge is -2.19. The fraction of sp³-hybridized carbons (Fsp3) is 0.750. The molecule has 0 fully saturated rings. The number of carboxylic acid groups (broad SMARTS) is 1. The highest BCUT2D eigenvalue weighted by molar-refractivity contribution is 5.70. The topological polar surface area (TPSA) is 128 Å². The molecule has 0 aromatic carbocycles. The van der Waals surface area contributed by atoms with Gasteiger partial charge in [0.05, 0.1) is 6.42 Å². The molecule has 0 saturated carbocycles. The summed E-state index contributed by atoms with van der Waals surface area (Å²) in [6, 6.07) is 0. The standard InChI is InChI=1S/C8H15NO4.H4N2/c1-8(2,3)13-7(12)9-5-4-6(10)11;1-2/h4-5H2,1-3H3,(H,9,12)(H,10,11);1-2H2. The summed E-state index contributed by atoms with van der Waals surface area (Å²) in [7, 11) is 0. The molecular formula is C8H19N3O4. The minimum Gasteiger partial charge on any atom is -0.481 e. The van der Waals surface area contributed by atoms with E-state index in [1.54, 1.807) is 20.8 Å². The number of ether oxygens (including phenoxy) is 1. The number of carboxylic acids is 1. The molecule has 1 amide bonds. The molecule has 0 bridgehead atoms. The lowest BCUT2D eigenvalue weighted by molar-refractivity contribution is -0.136. The van der Waals surface area contributed by atoms with Crippen LogP contribution in [0, 0.1) is 0 Å². The second-order valence-corrected chi connectivity index (χ2v) is 3.57. The van der Waals surface area contributed by atoms with Crippen LogP contribution in [0.5, 0.6) is 0 Å². The van der Waals surface area contributed by atoms with Crippen LogP contribution in [-0.2, 0) is 9.53 Å². The number of hydrazine groups is 1. The Balaban J connectivity index is 0. The van der Waals surface area contributed by atoms with Gasteiger partial charge in [0.15, 0.2) is 0 Å². The van der Waals surface area contributed by atoms with Gasteiger partial charge in [0.25, 0.3) is 0 Å². The first-order valence-electron chi connectivity index (χ1n) is 4.33. The number of amides is 1. The Morgan fingerprint density at radius 2 is 1.80 bits per heavy atom. The van der Waals surface area contributed by atoms with Crippen molar-refractivity contribution in [2.45, 2.75) is 32.8 Å². The zero-order chi connectivity index (χ0) is 12.5. The normalized spacial score (nSPS) is 9.67. The Labute approximate surface area is 88.7 Å². The second-order valence-electron chi connectivity index (χ2n) is 3.57. The Bertz CT molecular complexity index is 201. The molecule has 0 unspecified atom stereocenters. The van der Waals surface area contributed by atoms with Crippen molar-refractivity contribution in [3.8, 4) is 0 Å². The van der Waals surface area contributed by atoms with Crippen molar-refractivity contribution in [1.29, 1.82) is 0 Å². The van der Waals surface area contributed by atoms with Crippen LogP contribution in [0.3, 0.4) is 0 Å². The number of hydrogen-bond donors (Lipinski definition) is 4. The molecule has 0 aromatic heterocycles. The molecule has 0 saturated heterocycles. The lowest BCUT2D eigenvalue weighted by Crippen LogP contribution is -2.33. The third kappa shape index (κ3) is 15.4. The smallest absolute Gasteiger partial charge is 0.407 e. The van der Waals surface area contributed by atoms with Crippen molar-refractivity contribution in [1.82, 2.24) is 5.32 Å². The summed E-state index contributed by atoms with van der Waals surface area (Å²) in [5, 5.41) is 10.6. The molecular weight excluding hydrogens is 202 g/mol. The largest absolute Gasteiger partial charge is 0.481 e. The van der Waals surface area contributed by atoms with Crippen LogP contribution in [-0.4, -0.2) is 29.3 Å². The van der Waals surface area contributed by atoms with E-state index in [0.717, 1.165) is 0 Å². The van der Waals surface area contributed by atoms with E-state index in [4.69, 9.17) is 9.84 Å². The van der Waals surface area contributed by atoms with Crippen molar-refractivity contribution < 1.29 is 19.4 Å². The van der Waals surface area contributed by atoms with Crippen molar-refractivity contribution >= 4 is 12.1 Å². The number of hydrogen-bond acceptors (Lipinski definition) is 5. The molecule has 0 aliphatic carbocycles. The van der Waals surface area contributed by atoms with E-state index in [2.05, 4.69) is 17.0 Å². The van der Waals surface area contributed by atoms with Gasteiger partial charge >= 0.3 is 12.1 Å². The number of aliphatic carboxylic acids is 1. The molecule has 7 heteroatoms. The fourth-order valence-corrected chi connectivity index (χ4v) is 0.586. The van der Waals surface area contributed by atoms with E-state index in [9.17, 15) is 9.59 Å². The second kappa shape index (κ2) is 8.01. The Morgan fingerprint density at radius 1 is 1.33 bits per heavy atom. The van der Waals surface area contributed by atoms with Crippen LogP contribution in [0.4, 0.5) is 4.79 Å². The molecule has 0 heterocycles. The van der Waals surface area contributed by atoms with E-state index >= 15 is 0 Å². The Morgan fingerprint density at radius 3 is 2.13 bits per heavy atom. The van der Waals surface area contributed by atoms with E-state index in [1.807, 2.05) is 0 Å². The first-order valence-corrected chi connectivity index (χ1v) is 4.33. The molecule has 0 aliphatic heterocycles. The number of nitrogens with two attached hydrogens (primary N) is 2. The summed E-state index contributed by atoms with van der Waals surface area (Å²) >= 11 is 0. The molecule has 7 nitrogen and oxygen atoms in total. The van der Waals surface area contributed by atoms with Gasteiger partial charge in [-0.1, -0.05) is 0 Å². The predicted molar refractivity (Wildman–Crippen MR) is 54.9 cm³/mol. The van der Waals surface area contributed by atoms with Crippen molar-refractivity contribution in [2.75, 3.05) is 6.54 Å². The van der Waals surface area contributed by atoms with Gasteiger partial charge in [-0.05, 0) is 20.8 Å². The summed E-state index contributed by atoms with van der Waals surface area (Å²) < 4.78 is 4.88. The van der Waals surface area contributed by atoms with Crippen molar-refractivity contribution in [3.63, 3.8) is 0 Å². The summed E-state index contributed by atoms with van der Waals surface area (Å²) in [6.07, 6.45) is -0.687. The van der Waals surface area contributed by atoms with Crippen LogP contribution in [0.1, 0.15) is 27.2 Å². The highest BCUT2D eigenvalue weighted by Crippen LogP contribution is 2.06. The van der Waals surface area contributed by atoms with Gasteiger partial charge in [-0.15, -0.1) is 0 Å². The fourth-order valence-electron chi connectivity index (χ4n) is 0.586. The SMILES string of the molecule is CC(C)(C)OC(=O)NCCC(=O)O.NN. The van der Waals surface area contributed by atoms with E-state index in [1.165, 1.54) is 0 Å². The highest BCUT2D eigenvalue weighted by Gasteiger charge is 2.15. The average Bonchev–Trinajstić information content (AvgIpc) is 2.03. The molecule has 6 N–H and O–H groups in total. The first-order chi connectivity index (χ1) is 6.81. The van der Waals surface area contributed by atoms with Crippen molar-refractivity contribution in [2.24, 2.45) is 11.7 Å². The number of rotatable bonds is 3. The van der Waals surface area contributed by atoms with Gasteiger partial charge in [0.1, 0.15) is 5.60 Å². The van der Waals surface area contributed by atoms with Gasteiger partial charge < -0.3 is 15.2 Å². The Kier molecular flexibility index (Phi) is 8.60. The number of alkyl carbamates (subject to hydrolysis) is 1. The van der Waals surface area contributed by atoms with Crippen LogP contribution >= 0.6 is 0 Å². The van der Waals surface area contributed by atoms with Gasteiger partial charge in [0, 0.05) is 6.54 Å². The zero-order valence-corrected chi connectivity index (χ0v) is 9.24. The summed E-state index contributed by atoms with van der Waals surface area (Å²) in [6.45, 7) is 5.31. The number of nitrogens with one attached hydrogen (secondary N) is 1. The molecule has 0 rings (SSSR count). The third-order valence-corrected chi connectivity index (χ3v) is 1.01. The molecule has 90 valence electrons. The summed E-state index contributed by atoms with van der Waals surface area (Å²) in [5.41, 5.74) is -0.548. The number of carbonyl (C=O) groups is 2. The molecule has 0 radical (unpaired) electrons. The van der Waals surface area contributed by atoms with Crippen molar-refractivity contribution in [3.05, 3.63) is 0 Å². The maximum absolute atomic E-state index is 10.9. The first kappa shape index (κ1) is 16.1. The van der Waals surface area contributed by atoms with Gasteiger partial charge in [-0.25, -0.2) is 4.79 Å².